The Bertz CT molecular complexity index is 287. The van der Waals surface area contributed by atoms with Crippen LogP contribution in [0.2, 0.25) is 0 Å². The van der Waals surface area contributed by atoms with Crippen LogP contribution in [0.15, 0.2) is 0 Å². The first kappa shape index (κ1) is 28.4. The van der Waals surface area contributed by atoms with Crippen molar-refractivity contribution in [2.24, 2.45) is 5.92 Å². The van der Waals surface area contributed by atoms with Crippen LogP contribution in [-0.4, -0.2) is 5.16 Å². The summed E-state index contributed by atoms with van der Waals surface area (Å²) in [5.74, 6) is 0.944. The molecule has 0 rings (SSSR count). The largest absolute Gasteiger partial charge is 0.131 e. The van der Waals surface area contributed by atoms with Crippen LogP contribution in [0.5, 0.6) is 0 Å². The average Bonchev–Trinajstić information content (AvgIpc) is 2.70. The Morgan fingerprint density at radius 3 is 1.18 bits per heavy atom. The highest BCUT2D eigenvalue weighted by Crippen LogP contribution is 2.44. The van der Waals surface area contributed by atoms with E-state index in [1.807, 2.05) is 0 Å². The summed E-state index contributed by atoms with van der Waals surface area (Å²) in [6.45, 7) is 9.35. The topological polar surface area (TPSA) is 0 Å². The first-order valence-electron chi connectivity index (χ1n) is 13.4. The number of rotatable bonds is 22. The minimum atomic E-state index is 0.526. The first-order chi connectivity index (χ1) is 13.6. The van der Waals surface area contributed by atoms with E-state index < -0.39 is 0 Å². The van der Waals surface area contributed by atoms with Gasteiger partial charge in [0.05, 0.1) is 0 Å². The van der Waals surface area contributed by atoms with Gasteiger partial charge in [-0.1, -0.05) is 137 Å². The predicted molar refractivity (Wildman–Crippen MR) is 136 cm³/mol. The van der Waals surface area contributed by atoms with Gasteiger partial charge in [0, 0.05) is 0 Å². The van der Waals surface area contributed by atoms with Gasteiger partial charge in [0.15, 0.2) is 0 Å². The zero-order chi connectivity index (χ0) is 20.9. The molecule has 0 spiro atoms. The van der Waals surface area contributed by atoms with Gasteiger partial charge in [-0.15, -0.1) is 9.24 Å². The van der Waals surface area contributed by atoms with E-state index in [2.05, 4.69) is 36.9 Å². The molecular weight excluding hydrogens is 355 g/mol. The average molecular weight is 413 g/mol. The van der Waals surface area contributed by atoms with E-state index in [1.165, 1.54) is 135 Å². The molecule has 0 saturated heterocycles. The van der Waals surface area contributed by atoms with Crippen LogP contribution in [0.25, 0.3) is 0 Å². The molecule has 0 aliphatic carbocycles. The second-order valence-electron chi connectivity index (χ2n) is 9.60. The molecule has 0 fully saturated rings. The number of hydrogen-bond acceptors (Lipinski definition) is 0. The fourth-order valence-corrected chi connectivity index (χ4v) is 5.57. The van der Waals surface area contributed by atoms with E-state index in [0.717, 1.165) is 5.92 Å². The quantitative estimate of drug-likeness (QED) is 0.122. The highest BCUT2D eigenvalue weighted by atomic mass is 31.0. The second kappa shape index (κ2) is 20.7. The molecule has 0 aromatic carbocycles. The summed E-state index contributed by atoms with van der Waals surface area (Å²) in [5.41, 5.74) is 0. The van der Waals surface area contributed by atoms with Crippen molar-refractivity contribution < 1.29 is 0 Å². The monoisotopic (exact) mass is 412 g/mol. The molecule has 2 unspecified atom stereocenters. The highest BCUT2D eigenvalue weighted by Gasteiger charge is 2.32. The van der Waals surface area contributed by atoms with Gasteiger partial charge in [-0.3, -0.25) is 0 Å². The predicted octanol–water partition coefficient (Wildman–Crippen LogP) is 10.5. The summed E-state index contributed by atoms with van der Waals surface area (Å²) >= 11 is 0. The molecule has 0 amide bonds. The summed E-state index contributed by atoms with van der Waals surface area (Å²) in [5, 5.41) is 0.526. The molecule has 0 aromatic rings. The van der Waals surface area contributed by atoms with Crippen molar-refractivity contribution in [3.63, 3.8) is 0 Å². The van der Waals surface area contributed by atoms with Crippen LogP contribution in [0, 0.1) is 5.92 Å². The summed E-state index contributed by atoms with van der Waals surface area (Å²) in [6, 6.07) is 0. The Kier molecular flexibility index (Phi) is 21.0. The van der Waals surface area contributed by atoms with Crippen molar-refractivity contribution in [2.45, 2.75) is 168 Å². The molecule has 0 N–H and O–H groups in total. The minimum absolute atomic E-state index is 0.526. The molecule has 0 nitrogen and oxygen atoms in total. The Morgan fingerprint density at radius 2 is 0.786 bits per heavy atom. The van der Waals surface area contributed by atoms with Crippen LogP contribution in [0.1, 0.15) is 163 Å². The molecule has 1 heteroatoms. The fourth-order valence-electron chi connectivity index (χ4n) is 4.83. The van der Waals surface area contributed by atoms with E-state index in [1.54, 1.807) is 0 Å². The molecule has 0 heterocycles. The van der Waals surface area contributed by atoms with E-state index in [0.29, 0.717) is 5.16 Å². The molecule has 0 radical (unpaired) electrons. The van der Waals surface area contributed by atoms with Crippen LogP contribution < -0.4 is 0 Å². The van der Waals surface area contributed by atoms with Gasteiger partial charge in [0.25, 0.3) is 0 Å². The first-order valence-corrected chi connectivity index (χ1v) is 14.0. The van der Waals surface area contributed by atoms with E-state index in [-0.39, 0.29) is 0 Å². The molecular formula is C27H57P. The Morgan fingerprint density at radius 1 is 0.464 bits per heavy atom. The van der Waals surface area contributed by atoms with E-state index in [4.69, 9.17) is 0 Å². The maximum absolute atomic E-state index is 3.46. The third kappa shape index (κ3) is 15.3. The Balaban J connectivity index is 4.81. The normalized spacial score (nSPS) is 13.2. The van der Waals surface area contributed by atoms with Gasteiger partial charge >= 0.3 is 0 Å². The molecule has 170 valence electrons. The number of unbranched alkanes of at least 4 members (excludes halogenated alkanes) is 13. The second-order valence-corrected chi connectivity index (χ2v) is 10.8. The molecule has 28 heavy (non-hydrogen) atoms. The summed E-state index contributed by atoms with van der Waals surface area (Å²) in [7, 11) is 3.46. The minimum Gasteiger partial charge on any atom is -0.131 e. The number of hydrogen-bond donors (Lipinski definition) is 0. The molecule has 2 atom stereocenters. The van der Waals surface area contributed by atoms with Crippen molar-refractivity contribution in [3.05, 3.63) is 0 Å². The zero-order valence-corrected chi connectivity index (χ0v) is 21.7. The smallest absolute Gasteiger partial charge is 0.0122 e. The van der Waals surface area contributed by atoms with E-state index in [9.17, 15) is 0 Å². The fraction of sp³-hybridized carbons (Fsp3) is 1.00. The summed E-state index contributed by atoms with van der Waals surface area (Å²) in [6.07, 6.45) is 30.1. The Labute approximate surface area is 183 Å². The SMILES string of the molecule is CCCCCCCC(CCCCCC)C(P)(CCCCCC)CCCCCC. The van der Waals surface area contributed by atoms with Gasteiger partial charge in [0.1, 0.15) is 0 Å². The van der Waals surface area contributed by atoms with Gasteiger partial charge < -0.3 is 0 Å². The third-order valence-electron chi connectivity index (χ3n) is 6.87. The van der Waals surface area contributed by atoms with Gasteiger partial charge in [-0.25, -0.2) is 0 Å². The van der Waals surface area contributed by atoms with Crippen LogP contribution in [0.3, 0.4) is 0 Å². The Hall–Kier alpha value is 0.430. The van der Waals surface area contributed by atoms with Crippen LogP contribution in [0.4, 0.5) is 0 Å². The van der Waals surface area contributed by atoms with Gasteiger partial charge in [0.2, 0.25) is 0 Å². The molecule has 0 bridgehead atoms. The van der Waals surface area contributed by atoms with Crippen molar-refractivity contribution >= 4 is 9.24 Å². The summed E-state index contributed by atoms with van der Waals surface area (Å²) in [4.78, 5) is 0. The lowest BCUT2D eigenvalue weighted by molar-refractivity contribution is 0.270. The third-order valence-corrected chi connectivity index (χ3v) is 7.92. The lowest BCUT2D eigenvalue weighted by Crippen LogP contribution is -2.32. The van der Waals surface area contributed by atoms with Crippen molar-refractivity contribution in [1.29, 1.82) is 0 Å². The molecule has 0 aliphatic rings. The van der Waals surface area contributed by atoms with Crippen LogP contribution >= 0.6 is 9.24 Å². The van der Waals surface area contributed by atoms with E-state index >= 15 is 0 Å². The molecule has 0 saturated carbocycles. The van der Waals surface area contributed by atoms with Crippen LogP contribution in [-0.2, 0) is 0 Å². The lowest BCUT2D eigenvalue weighted by Gasteiger charge is -2.39. The van der Waals surface area contributed by atoms with Crippen molar-refractivity contribution in [2.75, 3.05) is 0 Å². The lowest BCUT2D eigenvalue weighted by atomic mass is 9.77. The summed E-state index contributed by atoms with van der Waals surface area (Å²) < 4.78 is 0. The molecule has 0 aliphatic heterocycles. The van der Waals surface area contributed by atoms with Gasteiger partial charge in [-0.05, 0) is 36.8 Å². The van der Waals surface area contributed by atoms with Crippen molar-refractivity contribution in [1.82, 2.24) is 0 Å². The van der Waals surface area contributed by atoms with Gasteiger partial charge in [-0.2, -0.15) is 0 Å². The standard InChI is InChI=1S/C27H57P/c1-5-9-13-17-19-23-26(22-18-14-10-6-2)27(28,24-20-15-11-7-3)25-21-16-12-8-4/h26H,5-25,28H2,1-4H3. The molecule has 0 aromatic heterocycles. The van der Waals surface area contributed by atoms with Crippen molar-refractivity contribution in [3.8, 4) is 0 Å². The maximum atomic E-state index is 3.46. The highest BCUT2D eigenvalue weighted by molar-refractivity contribution is 7.19. The zero-order valence-electron chi connectivity index (χ0n) is 20.5. The maximum Gasteiger partial charge on any atom is -0.0122 e.